The zero-order valence-corrected chi connectivity index (χ0v) is 10.4. The van der Waals surface area contributed by atoms with Crippen LogP contribution in [0.3, 0.4) is 0 Å². The molecule has 0 saturated carbocycles. The number of nitrogens with zero attached hydrogens (tertiary/aromatic N) is 2. The minimum Gasteiger partial charge on any atom is -0.381 e. The molecule has 2 rings (SSSR count). The maximum atomic E-state index is 11.9. The van der Waals surface area contributed by atoms with E-state index in [4.69, 9.17) is 0 Å². The van der Waals surface area contributed by atoms with Crippen molar-refractivity contribution in [1.82, 2.24) is 9.13 Å². The van der Waals surface area contributed by atoms with E-state index in [1.54, 1.807) is 13.2 Å². The Hall–Kier alpha value is -2.30. The minimum absolute atomic E-state index is 0.262. The van der Waals surface area contributed by atoms with Gasteiger partial charge in [-0.3, -0.25) is 9.36 Å². The second-order valence-corrected chi connectivity index (χ2v) is 4.13. The average molecular weight is 245 g/mol. The average Bonchev–Trinajstić information content (AvgIpc) is 2.40. The molecule has 0 saturated heterocycles. The molecule has 0 bridgehead atoms. The van der Waals surface area contributed by atoms with Gasteiger partial charge in [0.2, 0.25) is 0 Å². The van der Waals surface area contributed by atoms with Crippen LogP contribution in [0.25, 0.3) is 0 Å². The van der Waals surface area contributed by atoms with E-state index in [0.717, 1.165) is 10.3 Å². The number of aromatic nitrogens is 2. The molecule has 5 nitrogen and oxygen atoms in total. The summed E-state index contributed by atoms with van der Waals surface area (Å²) in [7, 11) is 3.12. The largest absolute Gasteiger partial charge is 0.381 e. The van der Waals surface area contributed by atoms with Crippen molar-refractivity contribution >= 4 is 5.69 Å². The Kier molecular flexibility index (Phi) is 3.32. The van der Waals surface area contributed by atoms with Crippen LogP contribution in [0.1, 0.15) is 5.56 Å². The molecule has 1 heterocycles. The minimum atomic E-state index is -0.316. The van der Waals surface area contributed by atoms with E-state index in [1.807, 2.05) is 30.3 Å². The molecule has 0 fully saturated rings. The molecule has 0 spiro atoms. The molecule has 94 valence electrons. The third-order valence-corrected chi connectivity index (χ3v) is 2.77. The Balaban J connectivity index is 2.26. The standard InChI is InChI=1S/C13H15N3O2/c1-15-9-10(12(17)16(2)13(15)18)8-14-11-6-4-3-5-7-11/h3-7,9,14H,8H2,1-2H3. The van der Waals surface area contributed by atoms with E-state index < -0.39 is 0 Å². The number of para-hydroxylation sites is 1. The molecular weight excluding hydrogens is 230 g/mol. The van der Waals surface area contributed by atoms with Crippen LogP contribution in [0.4, 0.5) is 5.69 Å². The van der Waals surface area contributed by atoms with Gasteiger partial charge >= 0.3 is 5.69 Å². The maximum absolute atomic E-state index is 11.9. The van der Waals surface area contributed by atoms with Gasteiger partial charge in [0.25, 0.3) is 5.56 Å². The van der Waals surface area contributed by atoms with Gasteiger partial charge in [-0.2, -0.15) is 0 Å². The summed E-state index contributed by atoms with van der Waals surface area (Å²) in [4.78, 5) is 23.4. The van der Waals surface area contributed by atoms with Crippen LogP contribution in [-0.2, 0) is 20.6 Å². The Bertz CT molecular complexity index is 656. The lowest BCUT2D eigenvalue weighted by molar-refractivity contribution is 0.671. The molecule has 0 aliphatic heterocycles. The summed E-state index contributed by atoms with van der Waals surface area (Å²) in [5.41, 5.74) is 0.918. The first kappa shape index (κ1) is 12.2. The number of aryl methyl sites for hydroxylation is 1. The van der Waals surface area contributed by atoms with Crippen LogP contribution < -0.4 is 16.6 Å². The molecule has 0 unspecified atom stereocenters. The topological polar surface area (TPSA) is 56.0 Å². The summed E-state index contributed by atoms with van der Waals surface area (Å²) in [6.45, 7) is 0.394. The molecular formula is C13H15N3O2. The second kappa shape index (κ2) is 4.91. The van der Waals surface area contributed by atoms with Crippen LogP contribution in [0, 0.1) is 0 Å². The van der Waals surface area contributed by atoms with Gasteiger partial charge in [-0.05, 0) is 12.1 Å². The number of nitrogens with one attached hydrogen (secondary N) is 1. The van der Waals surface area contributed by atoms with Crippen LogP contribution in [0.5, 0.6) is 0 Å². The summed E-state index contributed by atoms with van der Waals surface area (Å²) < 4.78 is 2.52. The summed E-state index contributed by atoms with van der Waals surface area (Å²) in [6.07, 6.45) is 1.57. The lowest BCUT2D eigenvalue weighted by Gasteiger charge is -2.08. The van der Waals surface area contributed by atoms with E-state index in [9.17, 15) is 9.59 Å². The van der Waals surface area contributed by atoms with Crippen molar-refractivity contribution in [3.05, 3.63) is 62.9 Å². The number of hydrogen-bond donors (Lipinski definition) is 1. The highest BCUT2D eigenvalue weighted by Crippen LogP contribution is 2.05. The van der Waals surface area contributed by atoms with Crippen molar-refractivity contribution in [2.45, 2.75) is 6.54 Å². The third kappa shape index (κ3) is 2.34. The Labute approximate surface area is 104 Å². The van der Waals surface area contributed by atoms with Crippen molar-refractivity contribution in [2.75, 3.05) is 5.32 Å². The lowest BCUT2D eigenvalue weighted by Crippen LogP contribution is -2.38. The molecule has 1 aromatic heterocycles. The molecule has 5 heteroatoms. The molecule has 0 amide bonds. The number of hydrogen-bond acceptors (Lipinski definition) is 3. The molecule has 0 atom stereocenters. The van der Waals surface area contributed by atoms with Gasteiger partial charge in [0.05, 0.1) is 5.56 Å². The monoisotopic (exact) mass is 245 g/mol. The predicted molar refractivity (Wildman–Crippen MR) is 70.7 cm³/mol. The van der Waals surface area contributed by atoms with Crippen LogP contribution in [0.2, 0.25) is 0 Å². The number of anilines is 1. The summed E-state index contributed by atoms with van der Waals surface area (Å²) in [5.74, 6) is 0. The fourth-order valence-corrected chi connectivity index (χ4v) is 1.76. The summed E-state index contributed by atoms with van der Waals surface area (Å²) in [6, 6.07) is 9.61. The molecule has 0 aliphatic rings. The molecule has 18 heavy (non-hydrogen) atoms. The van der Waals surface area contributed by atoms with Crippen molar-refractivity contribution in [3.63, 3.8) is 0 Å². The van der Waals surface area contributed by atoms with E-state index >= 15 is 0 Å². The molecule has 0 radical (unpaired) electrons. The van der Waals surface area contributed by atoms with Crippen molar-refractivity contribution in [1.29, 1.82) is 0 Å². The molecule has 2 aromatic rings. The third-order valence-electron chi connectivity index (χ3n) is 2.77. The van der Waals surface area contributed by atoms with Gasteiger partial charge in [-0.15, -0.1) is 0 Å². The second-order valence-electron chi connectivity index (χ2n) is 4.13. The molecule has 1 aromatic carbocycles. The van der Waals surface area contributed by atoms with Gasteiger partial charge < -0.3 is 9.88 Å². The van der Waals surface area contributed by atoms with Gasteiger partial charge in [0.1, 0.15) is 0 Å². The van der Waals surface area contributed by atoms with Crippen LogP contribution in [-0.4, -0.2) is 9.13 Å². The quantitative estimate of drug-likeness (QED) is 0.866. The first-order chi connectivity index (χ1) is 8.59. The van der Waals surface area contributed by atoms with E-state index in [2.05, 4.69) is 5.32 Å². The van der Waals surface area contributed by atoms with E-state index in [1.165, 1.54) is 11.6 Å². The van der Waals surface area contributed by atoms with Gasteiger partial charge in [0, 0.05) is 32.5 Å². The van der Waals surface area contributed by atoms with Gasteiger partial charge in [-0.25, -0.2) is 4.79 Å². The number of rotatable bonds is 3. The highest BCUT2D eigenvalue weighted by atomic mass is 16.2. The Morgan fingerprint density at radius 2 is 1.78 bits per heavy atom. The smallest absolute Gasteiger partial charge is 0.330 e. The number of benzene rings is 1. The van der Waals surface area contributed by atoms with Crippen molar-refractivity contribution in [3.8, 4) is 0 Å². The first-order valence-corrected chi connectivity index (χ1v) is 5.64. The van der Waals surface area contributed by atoms with Crippen LogP contribution in [0.15, 0.2) is 46.1 Å². The normalized spacial score (nSPS) is 10.3. The Morgan fingerprint density at radius 1 is 1.11 bits per heavy atom. The van der Waals surface area contributed by atoms with E-state index in [-0.39, 0.29) is 11.2 Å². The van der Waals surface area contributed by atoms with Crippen LogP contribution >= 0.6 is 0 Å². The SMILES string of the molecule is Cn1cc(CNc2ccccc2)c(=O)n(C)c1=O. The van der Waals surface area contributed by atoms with Gasteiger partial charge in [-0.1, -0.05) is 18.2 Å². The molecule has 1 N–H and O–H groups in total. The fourth-order valence-electron chi connectivity index (χ4n) is 1.76. The summed E-state index contributed by atoms with van der Waals surface area (Å²) >= 11 is 0. The van der Waals surface area contributed by atoms with E-state index in [0.29, 0.717) is 12.1 Å². The highest BCUT2D eigenvalue weighted by Gasteiger charge is 2.06. The predicted octanol–water partition coefficient (Wildman–Crippen LogP) is 0.696. The zero-order chi connectivity index (χ0) is 13.1. The molecule has 0 aliphatic carbocycles. The van der Waals surface area contributed by atoms with Crippen molar-refractivity contribution < 1.29 is 0 Å². The lowest BCUT2D eigenvalue weighted by atomic mass is 10.3. The highest BCUT2D eigenvalue weighted by molar-refractivity contribution is 5.42. The zero-order valence-electron chi connectivity index (χ0n) is 10.4. The van der Waals surface area contributed by atoms with Gasteiger partial charge in [0.15, 0.2) is 0 Å². The fraction of sp³-hybridized carbons (Fsp3) is 0.231. The van der Waals surface area contributed by atoms with Crippen molar-refractivity contribution in [2.24, 2.45) is 14.1 Å². The maximum Gasteiger partial charge on any atom is 0.330 e. The summed E-state index contributed by atoms with van der Waals surface area (Å²) in [5, 5.41) is 3.15. The first-order valence-electron chi connectivity index (χ1n) is 5.64. The Morgan fingerprint density at radius 3 is 2.44 bits per heavy atom.